The van der Waals surface area contributed by atoms with Gasteiger partial charge in [0, 0.05) is 31.0 Å². The summed E-state index contributed by atoms with van der Waals surface area (Å²) in [7, 11) is 1.22. The molecule has 0 saturated carbocycles. The van der Waals surface area contributed by atoms with Crippen LogP contribution in [0, 0.1) is 17.5 Å². The van der Waals surface area contributed by atoms with Gasteiger partial charge in [-0.25, -0.2) is 22.9 Å². The highest BCUT2D eigenvalue weighted by molar-refractivity contribution is 6.06. The molecule has 1 aliphatic heterocycles. The summed E-state index contributed by atoms with van der Waals surface area (Å²) in [5, 5.41) is 0. The zero-order valence-electron chi connectivity index (χ0n) is 23.5. The van der Waals surface area contributed by atoms with Gasteiger partial charge in [-0.05, 0) is 53.8 Å². The number of carbonyl (C=O) groups is 3. The second kappa shape index (κ2) is 11.5. The van der Waals surface area contributed by atoms with E-state index in [-0.39, 0.29) is 36.1 Å². The van der Waals surface area contributed by atoms with Crippen LogP contribution in [0.3, 0.4) is 0 Å². The van der Waals surface area contributed by atoms with Crippen molar-refractivity contribution in [3.63, 3.8) is 0 Å². The van der Waals surface area contributed by atoms with E-state index < -0.39 is 66.3 Å². The molecule has 232 valence electrons. The number of aryl methyl sites for hydroxylation is 1. The number of rotatable bonds is 8. The quantitative estimate of drug-likeness (QED) is 0.298. The third kappa shape index (κ3) is 5.70. The van der Waals surface area contributed by atoms with Crippen molar-refractivity contribution in [1.29, 1.82) is 0 Å². The zero-order valence-corrected chi connectivity index (χ0v) is 23.5. The van der Waals surface area contributed by atoms with Gasteiger partial charge in [-0.3, -0.25) is 9.59 Å². The minimum atomic E-state index is -4.82. The molecule has 13 heteroatoms. The Bertz CT molecular complexity index is 1630. The number of hydrogen-bond acceptors (Lipinski definition) is 5. The van der Waals surface area contributed by atoms with Gasteiger partial charge in [-0.2, -0.15) is 13.2 Å². The standard InChI is InChI=1S/C31H26F6N2O5/c1-17(31(35,36)37)38(15-18-3-6-22(32)7-4-18)27(40)16-39-28(41)30(44-29(39)42)10-9-20-11-19(5-8-23(20)30)12-21-13-25(34)26(43-2)14-24(21)33/h3-8,11,13-14,17H,9-10,12,15-16H2,1-2H3/t17?,30-/m1/s1. The molecule has 0 N–H and O–H groups in total. The minimum Gasteiger partial charge on any atom is -0.494 e. The van der Waals surface area contributed by atoms with Gasteiger partial charge in [0.05, 0.1) is 7.11 Å². The minimum absolute atomic E-state index is 0.0165. The fourth-order valence-corrected chi connectivity index (χ4v) is 5.53. The first-order chi connectivity index (χ1) is 20.7. The van der Waals surface area contributed by atoms with E-state index in [9.17, 15) is 40.7 Å². The molecule has 7 nitrogen and oxygen atoms in total. The van der Waals surface area contributed by atoms with Crippen molar-refractivity contribution in [3.05, 3.63) is 99.9 Å². The van der Waals surface area contributed by atoms with Gasteiger partial charge in [0.15, 0.2) is 11.6 Å². The van der Waals surface area contributed by atoms with Crippen molar-refractivity contribution in [2.45, 2.75) is 50.6 Å². The van der Waals surface area contributed by atoms with Crippen LogP contribution in [0.1, 0.15) is 41.2 Å². The molecule has 2 atom stereocenters. The van der Waals surface area contributed by atoms with Gasteiger partial charge in [0.2, 0.25) is 11.5 Å². The molecule has 1 fully saturated rings. The summed E-state index contributed by atoms with van der Waals surface area (Å²) in [6.07, 6.45) is -5.70. The lowest BCUT2D eigenvalue weighted by molar-refractivity contribution is -0.187. The van der Waals surface area contributed by atoms with E-state index in [1.54, 1.807) is 12.1 Å². The second-order valence-electron chi connectivity index (χ2n) is 10.7. The van der Waals surface area contributed by atoms with E-state index in [0.717, 1.165) is 31.2 Å². The predicted molar refractivity (Wildman–Crippen MR) is 143 cm³/mol. The van der Waals surface area contributed by atoms with E-state index >= 15 is 0 Å². The molecule has 3 aromatic carbocycles. The summed E-state index contributed by atoms with van der Waals surface area (Å²) in [5.74, 6) is -4.32. The molecule has 5 rings (SSSR count). The molecule has 44 heavy (non-hydrogen) atoms. The normalized spacial score (nSPS) is 18.4. The molecule has 1 heterocycles. The monoisotopic (exact) mass is 620 g/mol. The van der Waals surface area contributed by atoms with Crippen LogP contribution < -0.4 is 4.74 Å². The molecule has 1 unspecified atom stereocenters. The number of alkyl halides is 3. The second-order valence-corrected chi connectivity index (χ2v) is 10.7. The Hall–Kier alpha value is -4.55. The molecular formula is C31H26F6N2O5. The number of carbonyl (C=O) groups excluding carboxylic acids is 3. The van der Waals surface area contributed by atoms with Crippen molar-refractivity contribution in [3.8, 4) is 5.75 Å². The molecular weight excluding hydrogens is 594 g/mol. The number of fused-ring (bicyclic) bond motifs is 2. The van der Waals surface area contributed by atoms with E-state index in [1.807, 2.05) is 0 Å². The molecule has 3 aromatic rings. The number of nitrogens with zero attached hydrogens (tertiary/aromatic N) is 2. The van der Waals surface area contributed by atoms with Gasteiger partial charge in [0.1, 0.15) is 24.2 Å². The first kappa shape index (κ1) is 30.9. The van der Waals surface area contributed by atoms with E-state index in [2.05, 4.69) is 0 Å². The Morgan fingerprint density at radius 2 is 1.70 bits per heavy atom. The first-order valence-electron chi connectivity index (χ1n) is 13.5. The first-order valence-corrected chi connectivity index (χ1v) is 13.5. The number of halogens is 6. The molecule has 1 saturated heterocycles. The van der Waals surface area contributed by atoms with Crippen LogP contribution in [-0.4, -0.2) is 53.6 Å². The van der Waals surface area contributed by atoms with Gasteiger partial charge in [-0.1, -0.05) is 30.3 Å². The van der Waals surface area contributed by atoms with Crippen LogP contribution in [0.15, 0.2) is 54.6 Å². The van der Waals surface area contributed by atoms with Gasteiger partial charge in [0.25, 0.3) is 5.91 Å². The highest BCUT2D eigenvalue weighted by atomic mass is 19.4. The number of benzene rings is 3. The van der Waals surface area contributed by atoms with Gasteiger partial charge >= 0.3 is 12.3 Å². The van der Waals surface area contributed by atoms with Crippen LogP contribution in [0.2, 0.25) is 0 Å². The van der Waals surface area contributed by atoms with E-state index in [4.69, 9.17) is 9.47 Å². The summed E-state index contributed by atoms with van der Waals surface area (Å²) >= 11 is 0. The van der Waals surface area contributed by atoms with Crippen molar-refractivity contribution in [2.75, 3.05) is 13.7 Å². The molecule has 3 amide bonds. The van der Waals surface area contributed by atoms with E-state index in [0.29, 0.717) is 26.5 Å². The Morgan fingerprint density at radius 3 is 2.36 bits per heavy atom. The Labute approximate surface area is 248 Å². The summed E-state index contributed by atoms with van der Waals surface area (Å²) in [4.78, 5) is 40.6. The van der Waals surface area contributed by atoms with Crippen LogP contribution in [-0.2, 0) is 39.3 Å². The molecule has 0 radical (unpaired) electrons. The molecule has 2 aliphatic rings. The van der Waals surface area contributed by atoms with Gasteiger partial charge in [-0.15, -0.1) is 0 Å². The molecule has 0 aromatic heterocycles. The van der Waals surface area contributed by atoms with Crippen molar-refractivity contribution < 1.29 is 50.2 Å². The Balaban J connectivity index is 1.36. The third-order valence-corrected chi connectivity index (χ3v) is 7.96. The predicted octanol–water partition coefficient (Wildman–Crippen LogP) is 5.80. The Morgan fingerprint density at radius 1 is 1.02 bits per heavy atom. The summed E-state index contributed by atoms with van der Waals surface area (Å²) < 4.78 is 93.3. The van der Waals surface area contributed by atoms with Crippen molar-refractivity contribution in [2.24, 2.45) is 0 Å². The van der Waals surface area contributed by atoms with Crippen LogP contribution in [0.25, 0.3) is 0 Å². The molecule has 0 bridgehead atoms. The van der Waals surface area contributed by atoms with Gasteiger partial charge < -0.3 is 14.4 Å². The highest BCUT2D eigenvalue weighted by Crippen LogP contribution is 2.46. The van der Waals surface area contributed by atoms with Crippen LogP contribution >= 0.6 is 0 Å². The Kier molecular flexibility index (Phi) is 8.08. The maximum atomic E-state index is 14.5. The van der Waals surface area contributed by atoms with Crippen LogP contribution in [0.5, 0.6) is 5.75 Å². The summed E-state index contributed by atoms with van der Waals surface area (Å²) in [5.41, 5.74) is 0.0334. The lowest BCUT2D eigenvalue weighted by Crippen LogP contribution is -2.51. The summed E-state index contributed by atoms with van der Waals surface area (Å²) in [6, 6.07) is 8.99. The number of hydrogen-bond donors (Lipinski definition) is 0. The fraction of sp³-hybridized carbons (Fsp3) is 0.323. The largest absolute Gasteiger partial charge is 0.494 e. The maximum absolute atomic E-state index is 14.5. The molecule has 1 aliphatic carbocycles. The molecule has 1 spiro atoms. The van der Waals surface area contributed by atoms with Crippen LogP contribution in [0.4, 0.5) is 31.1 Å². The lowest BCUT2D eigenvalue weighted by atomic mass is 9.93. The van der Waals surface area contributed by atoms with E-state index in [1.165, 1.54) is 25.3 Å². The fourth-order valence-electron chi connectivity index (χ4n) is 5.53. The summed E-state index contributed by atoms with van der Waals surface area (Å²) in [6.45, 7) is -0.785. The number of methoxy groups -OCH3 is 1. The number of ether oxygens (including phenoxy) is 2. The van der Waals surface area contributed by atoms with Crippen molar-refractivity contribution in [1.82, 2.24) is 9.80 Å². The van der Waals surface area contributed by atoms with Crippen molar-refractivity contribution >= 4 is 17.9 Å². The number of imide groups is 1. The SMILES string of the molecule is COc1cc(F)c(Cc2ccc3c(c2)CC[C@@]32OC(=O)N(CC(=O)N(Cc3ccc(F)cc3)C(C)C(F)(F)F)C2=O)cc1F. The average Bonchev–Trinajstić information content (AvgIpc) is 3.45. The topological polar surface area (TPSA) is 76.2 Å². The lowest BCUT2D eigenvalue weighted by Gasteiger charge is -2.31. The smallest absolute Gasteiger partial charge is 0.418 e. The highest BCUT2D eigenvalue weighted by Gasteiger charge is 2.58. The average molecular weight is 621 g/mol. The maximum Gasteiger partial charge on any atom is 0.418 e. The zero-order chi connectivity index (χ0) is 32.0. The third-order valence-electron chi connectivity index (χ3n) is 7.96. The number of amides is 3.